The number of benzene rings is 1. The van der Waals surface area contributed by atoms with Crippen molar-refractivity contribution in [3.8, 4) is 17.3 Å². The molecule has 1 aromatic carbocycles. The van der Waals surface area contributed by atoms with Crippen LogP contribution in [0.3, 0.4) is 0 Å². The highest BCUT2D eigenvalue weighted by molar-refractivity contribution is 7.16. The Kier molecular flexibility index (Phi) is 7.36. The number of halogens is 1. The van der Waals surface area contributed by atoms with Crippen LogP contribution in [0.25, 0.3) is 16.8 Å². The number of fused-ring (bicyclic) bond motifs is 1. The molecule has 6 rings (SSSR count). The van der Waals surface area contributed by atoms with Gasteiger partial charge in [0.15, 0.2) is 5.13 Å². The van der Waals surface area contributed by atoms with Crippen LogP contribution >= 0.6 is 11.3 Å². The summed E-state index contributed by atoms with van der Waals surface area (Å²) in [5, 5.41) is 15.4. The molecular weight excluding hydrogens is 541 g/mol. The lowest BCUT2D eigenvalue weighted by molar-refractivity contribution is -0.135. The van der Waals surface area contributed by atoms with Crippen LogP contribution in [0.4, 0.5) is 20.9 Å². The topological polar surface area (TPSA) is 90.0 Å². The molecule has 1 atom stereocenters. The normalized spacial score (nSPS) is 17.3. The number of hydrogen-bond donors (Lipinski definition) is 0. The smallest absolute Gasteiger partial charge is 0.228 e. The Morgan fingerprint density at radius 3 is 2.63 bits per heavy atom. The largest absolute Gasteiger partial charge is 0.381 e. The molecule has 212 valence electrons. The average Bonchev–Trinajstić information content (AvgIpc) is 3.76. The predicted molar refractivity (Wildman–Crippen MR) is 157 cm³/mol. The fourth-order valence-corrected chi connectivity index (χ4v) is 6.56. The van der Waals surface area contributed by atoms with E-state index in [0.29, 0.717) is 47.6 Å². The van der Waals surface area contributed by atoms with E-state index >= 15 is 0 Å². The molecule has 0 aliphatic carbocycles. The van der Waals surface area contributed by atoms with Crippen molar-refractivity contribution in [2.24, 2.45) is 5.92 Å². The number of pyridine rings is 1. The number of aryl methyl sites for hydroxylation is 2. The number of carbonyl (C=O) groups is 1. The van der Waals surface area contributed by atoms with Gasteiger partial charge in [0.2, 0.25) is 5.91 Å². The van der Waals surface area contributed by atoms with Crippen molar-refractivity contribution >= 4 is 39.3 Å². The molecule has 2 aliphatic heterocycles. The van der Waals surface area contributed by atoms with E-state index in [1.54, 1.807) is 12.1 Å². The number of nitriles is 1. The summed E-state index contributed by atoms with van der Waals surface area (Å²) in [7, 11) is 1.95. The quantitative estimate of drug-likeness (QED) is 0.328. The fourth-order valence-electron chi connectivity index (χ4n) is 5.71. The Balaban J connectivity index is 1.31. The Labute approximate surface area is 242 Å². The lowest BCUT2D eigenvalue weighted by Gasteiger charge is -2.37. The van der Waals surface area contributed by atoms with Gasteiger partial charge in [0.05, 0.1) is 29.4 Å². The first kappa shape index (κ1) is 27.2. The second kappa shape index (κ2) is 11.1. The molecule has 0 unspecified atom stereocenters. The van der Waals surface area contributed by atoms with Gasteiger partial charge in [-0.2, -0.15) is 10.4 Å². The number of aromatic nitrogens is 3. The van der Waals surface area contributed by atoms with Gasteiger partial charge in [-0.3, -0.25) is 4.79 Å². The van der Waals surface area contributed by atoms with E-state index in [1.165, 1.54) is 23.5 Å². The maximum absolute atomic E-state index is 13.5. The lowest BCUT2D eigenvalue weighted by atomic mass is 10.1. The third-order valence-corrected chi connectivity index (χ3v) is 9.00. The standard InChI is InChI=1S/C30H32FN7O2S/c1-4-24-28(35(3)30-33-27(26(17-32)41-30)20-5-7-22(31)8-6-20)25-16-23(15-19(2)38(25)34-24)36-10-12-37(13-11-36)29(39)21-9-14-40-18-21/h5-8,15-16,21H,4,9-14,18H2,1-3H3/t21-/m0/s1. The van der Waals surface area contributed by atoms with Gasteiger partial charge in [-0.1, -0.05) is 18.3 Å². The summed E-state index contributed by atoms with van der Waals surface area (Å²) in [4.78, 5) is 24.5. The molecule has 4 aromatic rings. The van der Waals surface area contributed by atoms with Gasteiger partial charge >= 0.3 is 0 Å². The summed E-state index contributed by atoms with van der Waals surface area (Å²) in [6.45, 7) is 8.23. The van der Waals surface area contributed by atoms with E-state index in [9.17, 15) is 14.4 Å². The highest BCUT2D eigenvalue weighted by Crippen LogP contribution is 2.39. The van der Waals surface area contributed by atoms with Crippen LogP contribution in [-0.4, -0.2) is 71.8 Å². The second-order valence-electron chi connectivity index (χ2n) is 10.5. The van der Waals surface area contributed by atoms with Gasteiger partial charge in [-0.15, -0.1) is 0 Å². The van der Waals surface area contributed by atoms with Gasteiger partial charge < -0.3 is 19.4 Å². The van der Waals surface area contributed by atoms with Gasteiger partial charge in [0.1, 0.15) is 22.5 Å². The highest BCUT2D eigenvalue weighted by atomic mass is 32.1. The highest BCUT2D eigenvalue weighted by Gasteiger charge is 2.31. The van der Waals surface area contributed by atoms with Crippen LogP contribution in [0.1, 0.15) is 29.6 Å². The van der Waals surface area contributed by atoms with Crippen molar-refractivity contribution in [2.75, 3.05) is 56.2 Å². The molecule has 2 saturated heterocycles. The minimum atomic E-state index is -0.332. The first-order valence-corrected chi connectivity index (χ1v) is 14.7. The molecule has 5 heterocycles. The molecule has 0 saturated carbocycles. The number of rotatable bonds is 6. The second-order valence-corrected chi connectivity index (χ2v) is 11.5. The molecule has 41 heavy (non-hydrogen) atoms. The molecule has 3 aromatic heterocycles. The molecule has 0 radical (unpaired) electrons. The number of ether oxygens (including phenoxy) is 1. The third-order valence-electron chi connectivity index (χ3n) is 7.97. The summed E-state index contributed by atoms with van der Waals surface area (Å²) >= 11 is 1.31. The molecular formula is C30H32FN7O2S. The molecule has 11 heteroatoms. The van der Waals surface area contributed by atoms with Gasteiger partial charge in [0.25, 0.3) is 0 Å². The number of thiazole rings is 1. The summed E-state index contributed by atoms with van der Waals surface area (Å²) < 4.78 is 20.9. The minimum Gasteiger partial charge on any atom is -0.381 e. The zero-order valence-corrected chi connectivity index (χ0v) is 24.2. The Bertz CT molecular complexity index is 1630. The molecule has 2 fully saturated rings. The van der Waals surface area contributed by atoms with E-state index in [2.05, 4.69) is 36.9 Å². The van der Waals surface area contributed by atoms with E-state index in [1.807, 2.05) is 21.4 Å². The van der Waals surface area contributed by atoms with Crippen molar-refractivity contribution in [1.29, 1.82) is 5.26 Å². The zero-order valence-electron chi connectivity index (χ0n) is 23.4. The van der Waals surface area contributed by atoms with E-state index in [4.69, 9.17) is 14.8 Å². The molecule has 0 N–H and O–H groups in total. The molecule has 0 spiro atoms. The first-order chi connectivity index (χ1) is 19.9. The van der Waals surface area contributed by atoms with Crippen molar-refractivity contribution in [3.05, 3.63) is 58.5 Å². The maximum atomic E-state index is 13.5. The maximum Gasteiger partial charge on any atom is 0.228 e. The summed E-state index contributed by atoms with van der Waals surface area (Å²) in [6, 6.07) is 12.6. The lowest BCUT2D eigenvalue weighted by Crippen LogP contribution is -2.50. The van der Waals surface area contributed by atoms with E-state index in [0.717, 1.165) is 54.2 Å². The van der Waals surface area contributed by atoms with Crippen LogP contribution in [0, 0.1) is 30.0 Å². The number of piperazine rings is 1. The fraction of sp³-hybridized carbons (Fsp3) is 0.400. The number of carbonyl (C=O) groups excluding carboxylic acids is 1. The van der Waals surface area contributed by atoms with Gasteiger partial charge in [0, 0.05) is 56.8 Å². The first-order valence-electron chi connectivity index (χ1n) is 13.9. The molecule has 0 bridgehead atoms. The Morgan fingerprint density at radius 2 is 1.98 bits per heavy atom. The van der Waals surface area contributed by atoms with Crippen LogP contribution in [0.15, 0.2) is 36.4 Å². The zero-order chi connectivity index (χ0) is 28.7. The number of anilines is 3. The Hall–Kier alpha value is -4.01. The van der Waals surface area contributed by atoms with Crippen molar-refractivity contribution in [2.45, 2.75) is 26.7 Å². The van der Waals surface area contributed by atoms with E-state index in [-0.39, 0.29) is 17.6 Å². The summed E-state index contributed by atoms with van der Waals surface area (Å²) in [5.41, 5.74) is 6.17. The molecule has 2 aliphatic rings. The third kappa shape index (κ3) is 5.02. The van der Waals surface area contributed by atoms with E-state index < -0.39 is 0 Å². The molecule has 9 nitrogen and oxygen atoms in total. The van der Waals surface area contributed by atoms with Crippen LogP contribution < -0.4 is 9.80 Å². The van der Waals surface area contributed by atoms with Gasteiger partial charge in [-0.25, -0.2) is 13.9 Å². The van der Waals surface area contributed by atoms with Crippen molar-refractivity contribution in [3.63, 3.8) is 0 Å². The minimum absolute atomic E-state index is 0.00604. The number of hydrogen-bond acceptors (Lipinski definition) is 8. The van der Waals surface area contributed by atoms with Crippen LogP contribution in [0.5, 0.6) is 0 Å². The summed E-state index contributed by atoms with van der Waals surface area (Å²) in [5.74, 6) is -0.129. The van der Waals surface area contributed by atoms with Gasteiger partial charge in [-0.05, 0) is 56.2 Å². The van der Waals surface area contributed by atoms with Crippen LogP contribution in [0.2, 0.25) is 0 Å². The number of amides is 1. The van der Waals surface area contributed by atoms with Crippen LogP contribution in [-0.2, 0) is 16.0 Å². The molecule has 1 amide bonds. The monoisotopic (exact) mass is 573 g/mol. The van der Waals surface area contributed by atoms with Crippen molar-refractivity contribution < 1.29 is 13.9 Å². The predicted octanol–water partition coefficient (Wildman–Crippen LogP) is 4.79. The summed E-state index contributed by atoms with van der Waals surface area (Å²) in [6.07, 6.45) is 1.54. The number of nitrogens with zero attached hydrogens (tertiary/aromatic N) is 7. The van der Waals surface area contributed by atoms with Crippen molar-refractivity contribution in [1.82, 2.24) is 19.5 Å². The SMILES string of the molecule is CCc1nn2c(C)cc(N3CCN(C(=O)[C@H]4CCOC4)CC3)cc2c1N(C)c1nc(-c2ccc(F)cc2)c(C#N)s1. The average molecular weight is 574 g/mol. The Morgan fingerprint density at radius 1 is 1.22 bits per heavy atom.